The van der Waals surface area contributed by atoms with Crippen LogP contribution in [0.3, 0.4) is 0 Å². The third-order valence-corrected chi connectivity index (χ3v) is 2.57. The lowest BCUT2D eigenvalue weighted by Crippen LogP contribution is -2.30. The number of amides is 1. The van der Waals surface area contributed by atoms with Crippen LogP contribution in [0.2, 0.25) is 0 Å². The van der Waals surface area contributed by atoms with Gasteiger partial charge in [-0.25, -0.2) is 9.36 Å². The van der Waals surface area contributed by atoms with Crippen LogP contribution >= 0.6 is 0 Å². The monoisotopic (exact) mass is 243 g/mol. The molecule has 1 aromatic carbocycles. The Morgan fingerprint density at radius 2 is 1.72 bits per heavy atom. The molecule has 0 N–H and O–H groups in total. The smallest absolute Gasteiger partial charge is 0.409 e. The second kappa shape index (κ2) is 5.31. The summed E-state index contributed by atoms with van der Waals surface area (Å²) in [7, 11) is 3.59. The molecule has 0 spiro atoms. The van der Waals surface area contributed by atoms with E-state index in [0.717, 1.165) is 5.69 Å². The maximum absolute atomic E-state index is 11.9. The molecular weight excluding hydrogens is 228 g/mol. The van der Waals surface area contributed by atoms with Crippen LogP contribution < -0.4 is 14.2 Å². The first-order valence-corrected chi connectivity index (χ1v) is 5.63. The molecule has 1 heterocycles. The Morgan fingerprint density at radius 1 is 1.11 bits per heavy atom. The third-order valence-electron chi connectivity index (χ3n) is 2.57. The van der Waals surface area contributed by atoms with E-state index in [2.05, 4.69) is 0 Å². The van der Waals surface area contributed by atoms with Crippen LogP contribution in [0, 0.1) is 0 Å². The average Bonchev–Trinajstić information content (AvgIpc) is 2.41. The molecule has 0 aliphatic heterocycles. The van der Waals surface area contributed by atoms with Gasteiger partial charge in [0.1, 0.15) is 12.8 Å². The molecule has 0 bridgehead atoms. The second-order valence-corrected chi connectivity index (χ2v) is 3.96. The van der Waals surface area contributed by atoms with E-state index in [1.807, 2.05) is 54.3 Å². The first-order chi connectivity index (χ1) is 8.66. The fraction of sp³-hybridized carbons (Fsp3) is 0.143. The van der Waals surface area contributed by atoms with E-state index in [0.29, 0.717) is 5.75 Å². The normalized spacial score (nSPS) is 9.89. The molecule has 2 rings (SSSR count). The van der Waals surface area contributed by atoms with Gasteiger partial charge in [-0.3, -0.25) is 4.90 Å². The number of aromatic nitrogens is 1. The van der Waals surface area contributed by atoms with Crippen LogP contribution in [0.25, 0.3) is 0 Å². The topological polar surface area (TPSA) is 33.4 Å². The summed E-state index contributed by atoms with van der Waals surface area (Å²) in [5.41, 5.74) is 0.795. The highest BCUT2D eigenvalue weighted by atomic mass is 16.6. The van der Waals surface area contributed by atoms with Gasteiger partial charge in [0, 0.05) is 24.9 Å². The Labute approximate surface area is 106 Å². The lowest BCUT2D eigenvalue weighted by atomic mass is 10.3. The van der Waals surface area contributed by atoms with E-state index < -0.39 is 6.09 Å². The van der Waals surface area contributed by atoms with Gasteiger partial charge in [-0.1, -0.05) is 18.2 Å². The van der Waals surface area contributed by atoms with Crippen molar-refractivity contribution in [2.24, 2.45) is 7.05 Å². The third kappa shape index (κ3) is 2.85. The van der Waals surface area contributed by atoms with Gasteiger partial charge in [-0.05, 0) is 12.1 Å². The molecule has 0 aliphatic rings. The summed E-state index contributed by atoms with van der Waals surface area (Å²) < 4.78 is 7.13. The summed E-state index contributed by atoms with van der Waals surface area (Å²) in [6.45, 7) is 0. The molecule has 0 fully saturated rings. The predicted octanol–water partition coefficient (Wildman–Crippen LogP) is 2.15. The van der Waals surface area contributed by atoms with Crippen molar-refractivity contribution in [3.63, 3.8) is 0 Å². The number of rotatable bonds is 2. The van der Waals surface area contributed by atoms with E-state index in [1.165, 1.54) is 4.90 Å². The molecular formula is C14H15N2O2+. The number of hydrogen-bond donors (Lipinski definition) is 0. The number of aryl methyl sites for hydroxylation is 1. The molecule has 1 amide bonds. The highest BCUT2D eigenvalue weighted by Crippen LogP contribution is 2.14. The molecule has 0 aliphatic carbocycles. The summed E-state index contributed by atoms with van der Waals surface area (Å²) in [5.74, 6) is 0.529. The fourth-order valence-electron chi connectivity index (χ4n) is 1.48. The molecule has 0 saturated heterocycles. The quantitative estimate of drug-likeness (QED) is 0.757. The average molecular weight is 243 g/mol. The number of carbonyl (C=O) groups excluding carboxylic acids is 1. The molecule has 0 saturated carbocycles. The van der Waals surface area contributed by atoms with E-state index in [9.17, 15) is 4.79 Å². The number of ether oxygens (including phenoxy) is 1. The Kier molecular flexibility index (Phi) is 3.57. The van der Waals surface area contributed by atoms with Gasteiger partial charge in [0.25, 0.3) is 0 Å². The van der Waals surface area contributed by atoms with Gasteiger partial charge < -0.3 is 4.74 Å². The Bertz CT molecular complexity index is 523. The summed E-state index contributed by atoms with van der Waals surface area (Å²) in [5, 5.41) is 0. The summed E-state index contributed by atoms with van der Waals surface area (Å²) in [4.78, 5) is 13.4. The number of benzene rings is 1. The molecule has 0 atom stereocenters. The van der Waals surface area contributed by atoms with Gasteiger partial charge >= 0.3 is 6.09 Å². The van der Waals surface area contributed by atoms with Gasteiger partial charge in [-0.15, -0.1) is 0 Å². The molecule has 92 valence electrons. The molecule has 1 aromatic heterocycles. The van der Waals surface area contributed by atoms with Gasteiger partial charge in [0.05, 0.1) is 0 Å². The molecule has 4 nitrogen and oxygen atoms in total. The largest absolute Gasteiger partial charge is 0.419 e. The minimum absolute atomic E-state index is 0.407. The number of para-hydroxylation sites is 1. The first-order valence-electron chi connectivity index (χ1n) is 5.63. The van der Waals surface area contributed by atoms with Crippen LogP contribution in [-0.4, -0.2) is 13.1 Å². The van der Waals surface area contributed by atoms with E-state index in [4.69, 9.17) is 4.74 Å². The Hall–Kier alpha value is -2.36. The van der Waals surface area contributed by atoms with E-state index in [-0.39, 0.29) is 0 Å². The van der Waals surface area contributed by atoms with Crippen LogP contribution in [0.5, 0.6) is 5.75 Å². The maximum Gasteiger partial charge on any atom is 0.419 e. The van der Waals surface area contributed by atoms with Crippen molar-refractivity contribution in [1.82, 2.24) is 0 Å². The van der Waals surface area contributed by atoms with Gasteiger partial charge in [-0.2, -0.15) is 0 Å². The maximum atomic E-state index is 11.9. The standard InChI is InChI=1S/C14H15N2O2/c1-15-10-8-13(9-11-15)18-14(17)16(2)12-6-4-3-5-7-12/h3-11H,1-2H3/q+1. The van der Waals surface area contributed by atoms with E-state index in [1.54, 1.807) is 19.2 Å². The zero-order chi connectivity index (χ0) is 13.0. The van der Waals surface area contributed by atoms with Crippen LogP contribution in [0.15, 0.2) is 54.9 Å². The molecule has 4 heteroatoms. The van der Waals surface area contributed by atoms with Gasteiger partial charge in [0.2, 0.25) is 0 Å². The van der Waals surface area contributed by atoms with E-state index >= 15 is 0 Å². The zero-order valence-electron chi connectivity index (χ0n) is 10.4. The zero-order valence-corrected chi connectivity index (χ0v) is 10.4. The number of nitrogens with zero attached hydrogens (tertiary/aromatic N) is 2. The van der Waals surface area contributed by atoms with Crippen LogP contribution in [0.1, 0.15) is 0 Å². The number of hydrogen-bond acceptors (Lipinski definition) is 2. The highest BCUT2D eigenvalue weighted by Gasteiger charge is 2.13. The molecule has 0 radical (unpaired) electrons. The number of carbonyl (C=O) groups is 1. The lowest BCUT2D eigenvalue weighted by Gasteiger charge is -2.16. The number of anilines is 1. The van der Waals surface area contributed by atoms with Crippen molar-refractivity contribution in [3.05, 3.63) is 54.9 Å². The SMILES string of the molecule is CN(C(=O)Oc1cc[n+](C)cc1)c1ccccc1. The van der Waals surface area contributed by atoms with Crippen molar-refractivity contribution in [1.29, 1.82) is 0 Å². The summed E-state index contributed by atoms with van der Waals surface area (Å²) in [6, 6.07) is 12.9. The Balaban J connectivity index is 2.06. The summed E-state index contributed by atoms with van der Waals surface area (Å²) >= 11 is 0. The van der Waals surface area contributed by atoms with Gasteiger partial charge in [0.15, 0.2) is 12.4 Å². The summed E-state index contributed by atoms with van der Waals surface area (Å²) in [6.07, 6.45) is 3.24. The minimum Gasteiger partial charge on any atom is -0.409 e. The van der Waals surface area contributed by atoms with Crippen molar-refractivity contribution >= 4 is 11.8 Å². The van der Waals surface area contributed by atoms with Crippen molar-refractivity contribution in [3.8, 4) is 5.75 Å². The van der Waals surface area contributed by atoms with Crippen molar-refractivity contribution in [2.45, 2.75) is 0 Å². The minimum atomic E-state index is -0.407. The Morgan fingerprint density at radius 3 is 2.33 bits per heavy atom. The number of pyridine rings is 1. The van der Waals surface area contributed by atoms with Crippen molar-refractivity contribution in [2.75, 3.05) is 11.9 Å². The van der Waals surface area contributed by atoms with Crippen LogP contribution in [0.4, 0.5) is 10.5 Å². The predicted molar refractivity (Wildman–Crippen MR) is 68.5 cm³/mol. The highest BCUT2D eigenvalue weighted by molar-refractivity contribution is 5.88. The first kappa shape index (κ1) is 12.1. The van der Waals surface area contributed by atoms with Crippen LogP contribution in [-0.2, 0) is 7.05 Å². The second-order valence-electron chi connectivity index (χ2n) is 3.96. The molecule has 18 heavy (non-hydrogen) atoms. The molecule has 2 aromatic rings. The van der Waals surface area contributed by atoms with Crippen molar-refractivity contribution < 1.29 is 14.1 Å². The lowest BCUT2D eigenvalue weighted by molar-refractivity contribution is -0.671. The fourth-order valence-corrected chi connectivity index (χ4v) is 1.48. The molecule has 0 unspecified atom stereocenters.